The van der Waals surface area contributed by atoms with Crippen LogP contribution in [0.4, 0.5) is 27.4 Å². The fraction of sp³-hybridized carbons (Fsp3) is 0.219. The molecule has 3 aromatic carbocycles. The number of nitrogens with one attached hydrogen (secondary N) is 2. The molecule has 5 aromatic rings. The fourth-order valence-corrected chi connectivity index (χ4v) is 4.99. The number of carbonyl (C=O) groups excluding carboxylic acids is 1. The standard InChI is InChI=1S/C32H32FN9O2/c1-21-5-4-6-22(2)29(21)38-30(43)26-18-35-32(37-23-7-12-28(27(33)17-23)41-15-13-40(3)14-16-41)39-31(26)44-25-10-8-24(9-11-25)42-20-34-19-36-42/h4-12,17-20H,13-16H2,1-3H3,(H,38,43)(H,35,37,39). The summed E-state index contributed by atoms with van der Waals surface area (Å²) in [7, 11) is 2.06. The lowest BCUT2D eigenvalue weighted by atomic mass is 10.1. The van der Waals surface area contributed by atoms with Gasteiger partial charge >= 0.3 is 0 Å². The average molecular weight is 594 g/mol. The Kier molecular flexibility index (Phi) is 8.15. The number of nitrogens with zero attached hydrogens (tertiary/aromatic N) is 7. The smallest absolute Gasteiger partial charge is 0.262 e. The van der Waals surface area contributed by atoms with Crippen LogP contribution in [0.3, 0.4) is 0 Å². The number of carbonyl (C=O) groups is 1. The van der Waals surface area contributed by atoms with Crippen LogP contribution in [0, 0.1) is 19.7 Å². The number of para-hydroxylation sites is 1. The van der Waals surface area contributed by atoms with E-state index in [1.165, 1.54) is 18.6 Å². The number of ether oxygens (including phenoxy) is 1. The second kappa shape index (κ2) is 12.5. The van der Waals surface area contributed by atoms with Gasteiger partial charge in [-0.15, -0.1) is 0 Å². The molecule has 1 aliphatic heterocycles. The molecule has 11 nitrogen and oxygen atoms in total. The van der Waals surface area contributed by atoms with E-state index < -0.39 is 5.91 Å². The van der Waals surface area contributed by atoms with Crippen LogP contribution in [0.25, 0.3) is 5.69 Å². The summed E-state index contributed by atoms with van der Waals surface area (Å²) in [6, 6.07) is 17.8. The van der Waals surface area contributed by atoms with Crippen molar-refractivity contribution in [3.63, 3.8) is 0 Å². The van der Waals surface area contributed by atoms with Crippen LogP contribution in [0.1, 0.15) is 21.5 Å². The molecule has 0 unspecified atom stereocenters. The topological polar surface area (TPSA) is 113 Å². The van der Waals surface area contributed by atoms with Gasteiger partial charge in [-0.05, 0) is 74.5 Å². The number of aryl methyl sites for hydroxylation is 2. The molecule has 2 aromatic heterocycles. The molecule has 0 spiro atoms. The number of aromatic nitrogens is 5. The summed E-state index contributed by atoms with van der Waals surface area (Å²) in [5.41, 5.74) is 4.50. The maximum atomic E-state index is 15.2. The maximum absolute atomic E-state index is 15.2. The Morgan fingerprint density at radius 3 is 2.41 bits per heavy atom. The molecule has 1 fully saturated rings. The summed E-state index contributed by atoms with van der Waals surface area (Å²) in [6.07, 6.45) is 4.44. The van der Waals surface area contributed by atoms with Gasteiger partial charge in [0.1, 0.15) is 29.8 Å². The summed E-state index contributed by atoms with van der Waals surface area (Å²) in [6.45, 7) is 7.12. The van der Waals surface area contributed by atoms with Crippen LogP contribution in [0.2, 0.25) is 0 Å². The van der Waals surface area contributed by atoms with Gasteiger partial charge in [0.15, 0.2) is 0 Å². The normalized spacial score (nSPS) is 13.5. The van der Waals surface area contributed by atoms with E-state index in [9.17, 15) is 4.79 Å². The molecule has 224 valence electrons. The molecule has 1 saturated heterocycles. The van der Waals surface area contributed by atoms with Crippen molar-refractivity contribution in [2.75, 3.05) is 48.8 Å². The van der Waals surface area contributed by atoms with Gasteiger partial charge in [0.05, 0.1) is 11.4 Å². The van der Waals surface area contributed by atoms with Crippen molar-refractivity contribution in [1.29, 1.82) is 0 Å². The van der Waals surface area contributed by atoms with Gasteiger partial charge in [0.25, 0.3) is 5.91 Å². The van der Waals surface area contributed by atoms with Gasteiger partial charge in [0, 0.05) is 43.8 Å². The molecule has 0 atom stereocenters. The first kappa shape index (κ1) is 28.7. The third-order valence-electron chi connectivity index (χ3n) is 7.50. The van der Waals surface area contributed by atoms with Crippen LogP contribution < -0.4 is 20.3 Å². The van der Waals surface area contributed by atoms with Gasteiger partial charge in [-0.3, -0.25) is 4.79 Å². The molecular formula is C32H32FN9O2. The molecule has 0 radical (unpaired) electrons. The third-order valence-corrected chi connectivity index (χ3v) is 7.50. The van der Waals surface area contributed by atoms with Crippen LogP contribution in [0.5, 0.6) is 11.6 Å². The first-order chi connectivity index (χ1) is 21.3. The van der Waals surface area contributed by atoms with Gasteiger partial charge in [0.2, 0.25) is 11.8 Å². The van der Waals surface area contributed by atoms with Crippen molar-refractivity contribution < 1.29 is 13.9 Å². The summed E-state index contributed by atoms with van der Waals surface area (Å²) in [4.78, 5) is 30.6. The van der Waals surface area contributed by atoms with Crippen LogP contribution in [0.15, 0.2) is 79.5 Å². The van der Waals surface area contributed by atoms with Crippen molar-refractivity contribution >= 4 is 28.9 Å². The summed E-state index contributed by atoms with van der Waals surface area (Å²) >= 11 is 0. The minimum absolute atomic E-state index is 0.0364. The van der Waals surface area contributed by atoms with E-state index in [0.717, 1.165) is 43.0 Å². The fourth-order valence-electron chi connectivity index (χ4n) is 4.99. The first-order valence-corrected chi connectivity index (χ1v) is 14.2. The Bertz CT molecular complexity index is 1750. The van der Waals surface area contributed by atoms with Crippen LogP contribution in [-0.4, -0.2) is 68.8 Å². The van der Waals surface area contributed by atoms with E-state index in [1.54, 1.807) is 35.3 Å². The lowest BCUT2D eigenvalue weighted by Crippen LogP contribution is -2.44. The highest BCUT2D eigenvalue weighted by atomic mass is 19.1. The number of hydrogen-bond donors (Lipinski definition) is 2. The summed E-state index contributed by atoms with van der Waals surface area (Å²) in [5.74, 6) is -0.134. The predicted molar refractivity (Wildman–Crippen MR) is 167 cm³/mol. The molecule has 0 saturated carbocycles. The number of halogens is 1. The lowest BCUT2D eigenvalue weighted by Gasteiger charge is -2.34. The highest BCUT2D eigenvalue weighted by Gasteiger charge is 2.21. The number of likely N-dealkylation sites (N-methyl/N-ethyl adjacent to an activating group) is 1. The van der Waals surface area contributed by atoms with Gasteiger partial charge < -0.3 is 25.2 Å². The molecule has 0 aliphatic carbocycles. The molecular weight excluding hydrogens is 561 g/mol. The zero-order valence-corrected chi connectivity index (χ0v) is 24.7. The van der Waals surface area contributed by atoms with Crippen molar-refractivity contribution in [2.24, 2.45) is 0 Å². The lowest BCUT2D eigenvalue weighted by molar-refractivity contribution is 0.102. The largest absolute Gasteiger partial charge is 0.438 e. The van der Waals surface area contributed by atoms with Crippen LogP contribution in [-0.2, 0) is 0 Å². The Hall–Kier alpha value is -5.36. The number of hydrogen-bond acceptors (Lipinski definition) is 9. The molecule has 2 N–H and O–H groups in total. The Morgan fingerprint density at radius 1 is 0.977 bits per heavy atom. The van der Waals surface area contributed by atoms with Crippen LogP contribution >= 0.6 is 0 Å². The predicted octanol–water partition coefficient (Wildman–Crippen LogP) is 5.35. The molecule has 12 heteroatoms. The highest BCUT2D eigenvalue weighted by Crippen LogP contribution is 2.29. The third kappa shape index (κ3) is 6.35. The second-order valence-electron chi connectivity index (χ2n) is 10.7. The average Bonchev–Trinajstić information content (AvgIpc) is 3.56. The maximum Gasteiger partial charge on any atom is 0.262 e. The van der Waals surface area contributed by atoms with E-state index in [0.29, 0.717) is 22.8 Å². The highest BCUT2D eigenvalue weighted by molar-refractivity contribution is 6.06. The number of benzene rings is 3. The Labute approximate surface area is 254 Å². The van der Waals surface area contributed by atoms with Gasteiger partial charge in [-0.25, -0.2) is 19.0 Å². The van der Waals surface area contributed by atoms with Crippen molar-refractivity contribution in [3.05, 3.63) is 102 Å². The molecule has 3 heterocycles. The van der Waals surface area contributed by atoms with Crippen molar-refractivity contribution in [2.45, 2.75) is 13.8 Å². The zero-order chi connectivity index (χ0) is 30.6. The molecule has 1 aliphatic rings. The minimum atomic E-state index is -0.425. The number of piperazine rings is 1. The molecule has 0 bridgehead atoms. The van der Waals surface area contributed by atoms with Gasteiger partial charge in [-0.2, -0.15) is 10.1 Å². The molecule has 44 heavy (non-hydrogen) atoms. The Morgan fingerprint density at radius 2 is 1.73 bits per heavy atom. The monoisotopic (exact) mass is 593 g/mol. The second-order valence-corrected chi connectivity index (χ2v) is 10.7. The van der Waals surface area contributed by atoms with E-state index >= 15 is 4.39 Å². The first-order valence-electron chi connectivity index (χ1n) is 14.2. The van der Waals surface area contributed by atoms with E-state index in [2.05, 4.69) is 42.6 Å². The summed E-state index contributed by atoms with van der Waals surface area (Å²) < 4.78 is 22.9. The molecule has 6 rings (SSSR count). The number of rotatable bonds is 8. The van der Waals surface area contributed by atoms with E-state index in [4.69, 9.17) is 4.74 Å². The van der Waals surface area contributed by atoms with E-state index in [1.807, 2.05) is 49.1 Å². The molecule has 1 amide bonds. The number of anilines is 4. The minimum Gasteiger partial charge on any atom is -0.438 e. The SMILES string of the molecule is Cc1cccc(C)c1NC(=O)c1cnc(Nc2ccc(N3CCN(C)CC3)c(F)c2)nc1Oc1ccc(-n2cncn2)cc1. The quantitative estimate of drug-likeness (QED) is 0.246. The van der Waals surface area contributed by atoms with Crippen molar-refractivity contribution in [3.8, 4) is 17.3 Å². The number of amides is 1. The summed E-state index contributed by atoms with van der Waals surface area (Å²) in [5, 5.41) is 10.2. The Balaban J connectivity index is 1.27. The van der Waals surface area contributed by atoms with Crippen molar-refractivity contribution in [1.82, 2.24) is 29.6 Å². The van der Waals surface area contributed by atoms with E-state index in [-0.39, 0.29) is 23.2 Å². The van der Waals surface area contributed by atoms with Gasteiger partial charge in [-0.1, -0.05) is 18.2 Å². The zero-order valence-electron chi connectivity index (χ0n) is 24.7.